The minimum absolute atomic E-state index is 0.110. The molecule has 4 atom stereocenters. The first-order valence-corrected chi connectivity index (χ1v) is 20.2. The third-order valence-electron chi connectivity index (χ3n) is 11.7. The maximum absolute atomic E-state index is 13.5. The van der Waals surface area contributed by atoms with Crippen molar-refractivity contribution in [2.45, 2.75) is 43.2 Å². The molecule has 2 aliphatic heterocycles. The number of carbonyl (C=O) groups excluding carboxylic acids is 2. The largest absolute Gasteiger partial charge is 0.507 e. The molecule has 23 heteroatoms. The van der Waals surface area contributed by atoms with Gasteiger partial charge in [-0.15, -0.1) is 0 Å². The second-order valence-electron chi connectivity index (χ2n) is 16.0. The zero-order valence-electron chi connectivity index (χ0n) is 35.0. The molecule has 2 aliphatic rings. The highest BCUT2D eigenvalue weighted by Crippen LogP contribution is 2.55. The average Bonchev–Trinajstić information content (AvgIpc) is 3.29. The summed E-state index contributed by atoms with van der Waals surface area (Å²) in [4.78, 5) is 27.0. The van der Waals surface area contributed by atoms with E-state index >= 15 is 0 Å². The van der Waals surface area contributed by atoms with Crippen LogP contribution in [0.2, 0.25) is 0 Å². The maximum atomic E-state index is 13.5. The van der Waals surface area contributed by atoms with Gasteiger partial charge < -0.3 is 106 Å². The molecule has 0 aliphatic carbocycles. The van der Waals surface area contributed by atoms with Gasteiger partial charge in [-0.3, -0.25) is 0 Å². The van der Waals surface area contributed by atoms with E-state index in [0.29, 0.717) is 0 Å². The number of rotatable bonds is 9. The summed E-state index contributed by atoms with van der Waals surface area (Å²) in [5, 5.41) is 168. The fourth-order valence-electron chi connectivity index (χ4n) is 8.30. The number of aromatic hydroxyl groups is 16. The summed E-state index contributed by atoms with van der Waals surface area (Å²) in [6.45, 7) is -0.580. The number of hydrogen-bond acceptors (Lipinski definition) is 23. The normalized spacial score (nSPS) is 17.2. The van der Waals surface area contributed by atoms with Crippen molar-refractivity contribution in [3.05, 3.63) is 105 Å². The molecule has 6 aromatic rings. The molecule has 23 nitrogen and oxygen atoms in total. The number of hydrogen-bond donors (Lipinski definition) is 17. The number of esters is 2. The number of carbonyl (C=O) groups is 2. The van der Waals surface area contributed by atoms with Crippen LogP contribution < -0.4 is 15.2 Å². The Labute approximate surface area is 385 Å². The van der Waals surface area contributed by atoms with E-state index in [9.17, 15) is 91.3 Å². The second kappa shape index (κ2) is 17.1. The molecule has 8 rings (SSSR count). The van der Waals surface area contributed by atoms with Gasteiger partial charge in [0.15, 0.2) is 81.2 Å². The van der Waals surface area contributed by atoms with Gasteiger partial charge in [-0.1, -0.05) is 0 Å². The van der Waals surface area contributed by atoms with Crippen molar-refractivity contribution in [3.8, 4) is 103 Å². The number of fused-ring (bicyclic) bond motifs is 2. The van der Waals surface area contributed by atoms with Gasteiger partial charge in [0.25, 0.3) is 0 Å². The first-order chi connectivity index (χ1) is 32.6. The van der Waals surface area contributed by atoms with E-state index in [1.807, 2.05) is 0 Å². The Hall–Kier alpha value is -9.38. The topological polar surface area (TPSA) is 421 Å². The van der Waals surface area contributed by atoms with Crippen LogP contribution in [0.5, 0.6) is 103 Å². The Morgan fingerprint density at radius 3 is 1.03 bits per heavy atom. The lowest BCUT2D eigenvalue weighted by Gasteiger charge is -2.36. The van der Waals surface area contributed by atoms with E-state index in [2.05, 4.69) is 0 Å². The summed E-state index contributed by atoms with van der Waals surface area (Å²) in [5.41, 5.74) is 3.83. The molecule has 0 amide bonds. The van der Waals surface area contributed by atoms with Crippen molar-refractivity contribution in [1.82, 2.24) is 0 Å². The molecule has 0 saturated carbocycles. The van der Waals surface area contributed by atoms with Crippen LogP contribution in [-0.4, -0.2) is 112 Å². The zero-order valence-corrected chi connectivity index (χ0v) is 35.0. The predicted octanol–water partition coefficient (Wildman–Crippen LogP) is 3.87. The van der Waals surface area contributed by atoms with Crippen molar-refractivity contribution in [2.24, 2.45) is 5.73 Å². The summed E-state index contributed by atoms with van der Waals surface area (Å²) in [5.74, 6) is -18.1. The Bertz CT molecular complexity index is 2820. The Kier molecular flexibility index (Phi) is 11.5. The van der Waals surface area contributed by atoms with E-state index in [4.69, 9.17) is 24.7 Å². The van der Waals surface area contributed by atoms with Crippen molar-refractivity contribution in [3.63, 3.8) is 0 Å². The van der Waals surface area contributed by atoms with Crippen LogP contribution in [0.4, 0.5) is 0 Å². The van der Waals surface area contributed by atoms with Gasteiger partial charge in [-0.05, 0) is 48.5 Å². The van der Waals surface area contributed by atoms with Crippen LogP contribution in [0.3, 0.4) is 0 Å². The molecule has 0 bridgehead atoms. The average molecular weight is 958 g/mol. The maximum Gasteiger partial charge on any atom is 0.338 e. The Morgan fingerprint density at radius 2 is 0.739 bits per heavy atom. The first-order valence-electron chi connectivity index (χ1n) is 20.2. The Balaban J connectivity index is 1.20. The van der Waals surface area contributed by atoms with Crippen LogP contribution >= 0.6 is 0 Å². The van der Waals surface area contributed by atoms with Gasteiger partial charge in [0.1, 0.15) is 46.7 Å². The lowest BCUT2D eigenvalue weighted by molar-refractivity contribution is -0.0192. The number of ether oxygens (including phenoxy) is 4. The van der Waals surface area contributed by atoms with Gasteiger partial charge in [0.05, 0.1) is 11.1 Å². The molecule has 0 aromatic heterocycles. The van der Waals surface area contributed by atoms with Crippen molar-refractivity contribution in [2.75, 3.05) is 6.54 Å². The SMILES string of the molecule is NCC(c1c(O)cc2c(c1O)C[C@@H](OC(=O)c1cc(O)c(O)c(O)c1)[C@@H](c1cc(O)c(O)c(O)c1)O2)c1c(O)cc2c(c1O)C[C@@H](OC(=O)c1cc(O)c(O)c(O)c1)[C@@H](c1cc(O)c(O)c(O)c1)O2. The molecule has 0 unspecified atom stereocenters. The number of benzene rings is 6. The second-order valence-corrected chi connectivity index (χ2v) is 16.0. The molecule has 69 heavy (non-hydrogen) atoms. The molecular formula is C46H39NO22. The third-order valence-corrected chi connectivity index (χ3v) is 11.7. The fourth-order valence-corrected chi connectivity index (χ4v) is 8.30. The van der Waals surface area contributed by atoms with E-state index < -0.39 is 176 Å². The van der Waals surface area contributed by atoms with Crippen LogP contribution in [0.15, 0.2) is 60.7 Å². The number of nitrogens with two attached hydrogens (primary N) is 1. The van der Waals surface area contributed by atoms with Gasteiger partial charge in [0.2, 0.25) is 0 Å². The number of phenolic OH excluding ortho intramolecular Hbond substituents is 16. The van der Waals surface area contributed by atoms with Gasteiger partial charge in [-0.2, -0.15) is 0 Å². The van der Waals surface area contributed by atoms with Gasteiger partial charge in [0, 0.05) is 70.8 Å². The van der Waals surface area contributed by atoms with Crippen LogP contribution in [-0.2, 0) is 22.3 Å². The molecule has 6 aromatic carbocycles. The fraction of sp³-hybridized carbons (Fsp3) is 0.174. The molecule has 0 spiro atoms. The van der Waals surface area contributed by atoms with Crippen LogP contribution in [0.25, 0.3) is 0 Å². The van der Waals surface area contributed by atoms with Gasteiger partial charge >= 0.3 is 11.9 Å². The summed E-state index contributed by atoms with van der Waals surface area (Å²) in [6.07, 6.45) is -7.10. The highest BCUT2D eigenvalue weighted by Gasteiger charge is 2.42. The molecule has 360 valence electrons. The summed E-state index contributed by atoms with van der Waals surface area (Å²) in [7, 11) is 0. The van der Waals surface area contributed by atoms with E-state index in [0.717, 1.165) is 60.7 Å². The molecule has 18 N–H and O–H groups in total. The van der Waals surface area contributed by atoms with Gasteiger partial charge in [-0.25, -0.2) is 9.59 Å². The zero-order chi connectivity index (χ0) is 50.1. The highest BCUT2D eigenvalue weighted by atomic mass is 16.6. The summed E-state index contributed by atoms with van der Waals surface area (Å²) < 4.78 is 23.6. The standard InChI is InChI=1S/C46H39NO22/c47-13-20(35-21(48)11-31-18(37(35)58)9-33(43(66-31)14-1-23(50)39(60)24(51)2-14)68-45(64)16-5-27(54)41(62)28(55)6-16)36-22(49)12-32-19(38(36)59)10-34(44(67-32)15-3-25(52)40(61)26(53)4-15)69-46(65)17-7-29(56)42(63)30(57)8-17/h1-8,11-12,20,33-34,43-44,48-63H,9-10,13,47H2/t33-,34-,43-,44-/m1/s1. The Morgan fingerprint density at radius 1 is 0.449 bits per heavy atom. The van der Waals surface area contributed by atoms with Crippen molar-refractivity contribution in [1.29, 1.82) is 0 Å². The first kappa shape index (κ1) is 46.2. The van der Waals surface area contributed by atoms with Crippen LogP contribution in [0, 0.1) is 0 Å². The highest BCUT2D eigenvalue weighted by molar-refractivity contribution is 5.92. The molecular weight excluding hydrogens is 918 g/mol. The molecule has 2 heterocycles. The van der Waals surface area contributed by atoms with E-state index in [1.165, 1.54) is 0 Å². The smallest absolute Gasteiger partial charge is 0.338 e. The predicted molar refractivity (Wildman–Crippen MR) is 229 cm³/mol. The van der Waals surface area contributed by atoms with Crippen LogP contribution in [0.1, 0.15) is 72.2 Å². The molecule has 0 fully saturated rings. The minimum Gasteiger partial charge on any atom is -0.507 e. The summed E-state index contributed by atoms with van der Waals surface area (Å²) >= 11 is 0. The quantitative estimate of drug-likeness (QED) is 0.0722. The summed E-state index contributed by atoms with van der Waals surface area (Å²) in [6, 6.07) is 8.94. The third kappa shape index (κ3) is 8.07. The minimum atomic E-state index is -1.55. The molecule has 0 saturated heterocycles. The van der Waals surface area contributed by atoms with Crippen molar-refractivity contribution < 1.29 is 110 Å². The lowest BCUT2D eigenvalue weighted by atomic mass is 9.83. The monoisotopic (exact) mass is 957 g/mol. The van der Waals surface area contributed by atoms with E-state index in [-0.39, 0.29) is 33.8 Å². The molecule has 0 radical (unpaired) electrons. The lowest BCUT2D eigenvalue weighted by Crippen LogP contribution is -2.35. The van der Waals surface area contributed by atoms with E-state index in [1.54, 1.807) is 0 Å². The van der Waals surface area contributed by atoms with Crippen molar-refractivity contribution >= 4 is 11.9 Å². The number of phenols is 16.